The Morgan fingerprint density at radius 1 is 1.30 bits per heavy atom. The Hall–Kier alpha value is -2.96. The van der Waals surface area contributed by atoms with Gasteiger partial charge in [-0.2, -0.15) is 0 Å². The molecule has 0 aliphatic carbocycles. The van der Waals surface area contributed by atoms with Crippen molar-refractivity contribution in [3.05, 3.63) is 53.0 Å². The smallest absolute Gasteiger partial charge is 0.225 e. The summed E-state index contributed by atoms with van der Waals surface area (Å²) in [6.45, 7) is 6.70. The van der Waals surface area contributed by atoms with E-state index in [4.69, 9.17) is 4.42 Å². The molecule has 1 aromatic carbocycles. The number of aryl methyl sites for hydroxylation is 4. The van der Waals surface area contributed by atoms with Crippen molar-refractivity contribution in [3.63, 3.8) is 0 Å². The third-order valence-electron chi connectivity index (χ3n) is 5.02. The highest BCUT2D eigenvalue weighted by atomic mass is 16.4. The fourth-order valence-electron chi connectivity index (χ4n) is 3.59. The van der Waals surface area contributed by atoms with E-state index in [-0.39, 0.29) is 11.8 Å². The normalized spacial score (nSPS) is 16.2. The van der Waals surface area contributed by atoms with Gasteiger partial charge in [-0.25, -0.2) is 4.98 Å². The molecule has 27 heavy (non-hydrogen) atoms. The average molecular weight is 365 g/mol. The molecule has 1 N–H and O–H groups in total. The van der Waals surface area contributed by atoms with Gasteiger partial charge in [-0.15, -0.1) is 10.2 Å². The van der Waals surface area contributed by atoms with Gasteiger partial charge in [0.1, 0.15) is 11.6 Å². The second kappa shape index (κ2) is 6.98. The molecule has 2 aromatic heterocycles. The third kappa shape index (κ3) is 3.49. The lowest BCUT2D eigenvalue weighted by atomic mass is 9.98. The van der Waals surface area contributed by atoms with Gasteiger partial charge >= 0.3 is 0 Å². The van der Waals surface area contributed by atoms with Crippen molar-refractivity contribution in [3.8, 4) is 11.4 Å². The van der Waals surface area contributed by atoms with E-state index in [1.807, 2.05) is 19.1 Å². The van der Waals surface area contributed by atoms with Crippen LogP contribution in [0.25, 0.3) is 11.4 Å². The SMILES string of the molecule is Cc1cccc(-c2nnc3n2C[C@@H](C(=O)NCc2oc(C)nc2C)CC3)c1. The van der Waals surface area contributed by atoms with Gasteiger partial charge in [0, 0.05) is 25.5 Å². The maximum atomic E-state index is 12.7. The van der Waals surface area contributed by atoms with Crippen molar-refractivity contribution in [1.29, 1.82) is 0 Å². The van der Waals surface area contributed by atoms with E-state index in [1.54, 1.807) is 6.92 Å². The summed E-state index contributed by atoms with van der Waals surface area (Å²) in [6.07, 6.45) is 1.52. The number of fused-ring (bicyclic) bond motifs is 1. The maximum absolute atomic E-state index is 12.7. The Morgan fingerprint density at radius 3 is 2.89 bits per heavy atom. The predicted octanol–water partition coefficient (Wildman–Crippen LogP) is 2.74. The number of oxazole rings is 1. The van der Waals surface area contributed by atoms with E-state index in [0.717, 1.165) is 35.7 Å². The zero-order valence-electron chi connectivity index (χ0n) is 15.8. The van der Waals surface area contributed by atoms with Crippen LogP contribution in [0.4, 0.5) is 0 Å². The largest absolute Gasteiger partial charge is 0.444 e. The van der Waals surface area contributed by atoms with Crippen LogP contribution in [-0.2, 0) is 24.3 Å². The summed E-state index contributed by atoms with van der Waals surface area (Å²) >= 11 is 0. The molecule has 0 unspecified atom stereocenters. The number of benzene rings is 1. The van der Waals surface area contributed by atoms with Gasteiger partial charge in [-0.3, -0.25) is 4.79 Å². The lowest BCUT2D eigenvalue weighted by molar-refractivity contribution is -0.126. The fourth-order valence-corrected chi connectivity index (χ4v) is 3.59. The van der Waals surface area contributed by atoms with E-state index in [2.05, 4.69) is 44.1 Å². The number of hydrogen-bond acceptors (Lipinski definition) is 5. The van der Waals surface area contributed by atoms with E-state index in [1.165, 1.54) is 5.56 Å². The van der Waals surface area contributed by atoms with Gasteiger partial charge in [-0.1, -0.05) is 23.8 Å². The standard InChI is InChI=1S/C20H23N5O2/c1-12-5-4-6-15(9-12)19-24-23-18-8-7-16(11-25(18)19)20(26)21-10-17-13(2)22-14(3)27-17/h4-6,9,16H,7-8,10-11H2,1-3H3,(H,21,26)/t16-/m0/s1. The number of amides is 1. The van der Waals surface area contributed by atoms with Crippen LogP contribution >= 0.6 is 0 Å². The molecule has 0 fully saturated rings. The predicted molar refractivity (Wildman–Crippen MR) is 99.8 cm³/mol. The molecule has 0 bridgehead atoms. The van der Waals surface area contributed by atoms with Crippen molar-refractivity contribution in [2.24, 2.45) is 5.92 Å². The molecule has 0 spiro atoms. The number of nitrogens with one attached hydrogen (secondary N) is 1. The van der Waals surface area contributed by atoms with Crippen LogP contribution in [0.15, 0.2) is 28.7 Å². The quantitative estimate of drug-likeness (QED) is 0.768. The second-order valence-electron chi connectivity index (χ2n) is 7.11. The minimum absolute atomic E-state index is 0.0259. The second-order valence-corrected chi connectivity index (χ2v) is 7.11. The zero-order valence-corrected chi connectivity index (χ0v) is 15.8. The van der Waals surface area contributed by atoms with Gasteiger partial charge in [0.15, 0.2) is 11.7 Å². The summed E-state index contributed by atoms with van der Waals surface area (Å²) in [5, 5.41) is 11.7. The van der Waals surface area contributed by atoms with Gasteiger partial charge in [0.2, 0.25) is 5.91 Å². The molecule has 140 valence electrons. The summed E-state index contributed by atoms with van der Waals surface area (Å²) in [5.41, 5.74) is 3.02. The molecule has 7 nitrogen and oxygen atoms in total. The molecule has 3 aromatic rings. The number of nitrogens with zero attached hydrogens (tertiary/aromatic N) is 4. The van der Waals surface area contributed by atoms with E-state index >= 15 is 0 Å². The summed E-state index contributed by atoms with van der Waals surface area (Å²) < 4.78 is 7.61. The Labute approximate surface area is 157 Å². The molecular weight excluding hydrogens is 342 g/mol. The first-order chi connectivity index (χ1) is 13.0. The van der Waals surface area contributed by atoms with Crippen LogP contribution < -0.4 is 5.32 Å². The summed E-state index contributed by atoms with van der Waals surface area (Å²) in [5.74, 6) is 3.01. The van der Waals surface area contributed by atoms with E-state index in [9.17, 15) is 4.79 Å². The van der Waals surface area contributed by atoms with E-state index < -0.39 is 0 Å². The summed E-state index contributed by atoms with van der Waals surface area (Å²) in [6, 6.07) is 8.19. The minimum atomic E-state index is -0.110. The molecule has 1 aliphatic heterocycles. The van der Waals surface area contributed by atoms with Crippen molar-refractivity contribution >= 4 is 5.91 Å². The van der Waals surface area contributed by atoms with Crippen LogP contribution in [0.2, 0.25) is 0 Å². The Balaban J connectivity index is 1.48. The first kappa shape index (κ1) is 17.5. The third-order valence-corrected chi connectivity index (χ3v) is 5.02. The van der Waals surface area contributed by atoms with Crippen LogP contribution in [0.5, 0.6) is 0 Å². The molecular formula is C20H23N5O2. The van der Waals surface area contributed by atoms with Gasteiger partial charge in [-0.05, 0) is 26.3 Å². The average Bonchev–Trinajstić information content (AvgIpc) is 3.21. The molecule has 4 rings (SSSR count). The first-order valence-electron chi connectivity index (χ1n) is 9.21. The number of hydrogen-bond donors (Lipinski definition) is 1. The number of aromatic nitrogens is 4. The lowest BCUT2D eigenvalue weighted by Crippen LogP contribution is -2.36. The van der Waals surface area contributed by atoms with Crippen LogP contribution in [0.1, 0.15) is 35.2 Å². The lowest BCUT2D eigenvalue weighted by Gasteiger charge is -2.23. The zero-order chi connectivity index (χ0) is 19.0. The number of carbonyl (C=O) groups is 1. The van der Waals surface area contributed by atoms with Crippen molar-refractivity contribution in [2.45, 2.75) is 46.7 Å². The van der Waals surface area contributed by atoms with Crippen molar-refractivity contribution < 1.29 is 9.21 Å². The molecule has 1 amide bonds. The highest BCUT2D eigenvalue weighted by Gasteiger charge is 2.28. The Morgan fingerprint density at radius 2 is 2.15 bits per heavy atom. The maximum Gasteiger partial charge on any atom is 0.225 e. The molecule has 0 radical (unpaired) electrons. The van der Waals surface area contributed by atoms with Gasteiger partial charge < -0.3 is 14.3 Å². The van der Waals surface area contributed by atoms with Crippen LogP contribution in [0.3, 0.4) is 0 Å². The van der Waals surface area contributed by atoms with Gasteiger partial charge in [0.25, 0.3) is 0 Å². The number of rotatable bonds is 4. The molecule has 7 heteroatoms. The highest BCUT2D eigenvalue weighted by Crippen LogP contribution is 2.26. The molecule has 1 atom stereocenters. The summed E-state index contributed by atoms with van der Waals surface area (Å²) in [7, 11) is 0. The fraction of sp³-hybridized carbons (Fsp3) is 0.400. The molecule has 1 aliphatic rings. The number of carbonyl (C=O) groups excluding carboxylic acids is 1. The van der Waals surface area contributed by atoms with Crippen LogP contribution in [0, 0.1) is 26.7 Å². The minimum Gasteiger partial charge on any atom is -0.444 e. The molecule has 0 saturated heterocycles. The topological polar surface area (TPSA) is 85.8 Å². The Bertz CT molecular complexity index is 988. The molecule has 3 heterocycles. The molecule has 0 saturated carbocycles. The van der Waals surface area contributed by atoms with E-state index in [0.29, 0.717) is 24.7 Å². The summed E-state index contributed by atoms with van der Waals surface area (Å²) in [4.78, 5) is 16.9. The van der Waals surface area contributed by atoms with Gasteiger partial charge in [0.05, 0.1) is 18.2 Å². The van der Waals surface area contributed by atoms with Crippen molar-refractivity contribution in [2.75, 3.05) is 0 Å². The highest BCUT2D eigenvalue weighted by molar-refractivity contribution is 5.78. The van der Waals surface area contributed by atoms with Crippen LogP contribution in [-0.4, -0.2) is 25.7 Å². The van der Waals surface area contributed by atoms with Crippen molar-refractivity contribution in [1.82, 2.24) is 25.1 Å². The Kier molecular flexibility index (Phi) is 4.51. The monoisotopic (exact) mass is 365 g/mol. The first-order valence-corrected chi connectivity index (χ1v) is 9.21.